The quantitative estimate of drug-likeness (QED) is 0.631. The van der Waals surface area contributed by atoms with Gasteiger partial charge in [-0.3, -0.25) is 19.1 Å². The zero-order valence-corrected chi connectivity index (χ0v) is 17.8. The molecule has 9 heteroatoms. The van der Waals surface area contributed by atoms with Crippen molar-refractivity contribution >= 4 is 23.4 Å². The largest absolute Gasteiger partial charge is 0.452 e. The van der Waals surface area contributed by atoms with Gasteiger partial charge in [-0.25, -0.2) is 9.59 Å². The topological polar surface area (TPSA) is 127 Å². The lowest BCUT2D eigenvalue weighted by Gasteiger charge is -2.23. The molecule has 0 aliphatic carbocycles. The number of unbranched alkanes of at least 4 members (excludes halogenated alkanes) is 1. The third-order valence-corrected chi connectivity index (χ3v) is 4.99. The molecule has 0 fully saturated rings. The van der Waals surface area contributed by atoms with Crippen molar-refractivity contribution in [3.8, 4) is 0 Å². The van der Waals surface area contributed by atoms with Crippen molar-refractivity contribution in [3.63, 3.8) is 0 Å². The number of aryl methyl sites for hydroxylation is 1. The number of anilines is 2. The van der Waals surface area contributed by atoms with Crippen LogP contribution < -0.4 is 21.9 Å². The average molecular weight is 416 g/mol. The van der Waals surface area contributed by atoms with Gasteiger partial charge in [-0.1, -0.05) is 25.5 Å². The van der Waals surface area contributed by atoms with Gasteiger partial charge in [0.1, 0.15) is 5.82 Å². The van der Waals surface area contributed by atoms with Crippen molar-refractivity contribution in [3.05, 3.63) is 55.7 Å². The molecule has 2 rings (SSSR count). The highest BCUT2D eigenvalue weighted by atomic mass is 16.5. The summed E-state index contributed by atoms with van der Waals surface area (Å²) in [4.78, 5) is 52.9. The first-order valence-electron chi connectivity index (χ1n) is 9.89. The fourth-order valence-corrected chi connectivity index (χ4v) is 3.09. The fourth-order valence-electron chi connectivity index (χ4n) is 3.09. The molecule has 1 aromatic carbocycles. The normalized spacial score (nSPS) is 10.7. The molecule has 3 N–H and O–H groups in total. The minimum Gasteiger partial charge on any atom is -0.452 e. The van der Waals surface area contributed by atoms with Gasteiger partial charge in [-0.2, -0.15) is 0 Å². The van der Waals surface area contributed by atoms with Gasteiger partial charge in [0, 0.05) is 13.1 Å². The van der Waals surface area contributed by atoms with E-state index in [0.29, 0.717) is 18.5 Å². The molecule has 0 atom stereocenters. The summed E-state index contributed by atoms with van der Waals surface area (Å²) < 4.78 is 6.41. The number of carbonyl (C=O) groups is 2. The summed E-state index contributed by atoms with van der Waals surface area (Å²) in [7, 11) is 0. The number of aromatic nitrogens is 2. The first kappa shape index (κ1) is 22.9. The second-order valence-electron chi connectivity index (χ2n) is 6.96. The number of hydrogen-bond acceptors (Lipinski definition) is 6. The van der Waals surface area contributed by atoms with E-state index >= 15 is 0 Å². The van der Waals surface area contributed by atoms with Crippen molar-refractivity contribution in [1.82, 2.24) is 9.55 Å². The van der Waals surface area contributed by atoms with Crippen LogP contribution in [0.1, 0.15) is 48.2 Å². The summed E-state index contributed by atoms with van der Waals surface area (Å²) in [5.74, 6) is -1.34. The number of aromatic amines is 1. The Bertz CT molecular complexity index is 1050. The number of amides is 1. The SMILES string of the molecule is CCCCn1c(N)c(N(CC)C(=O)COC(=O)c2cccc(C)c2C)c(=O)[nH]c1=O. The van der Waals surface area contributed by atoms with Crippen LogP contribution in [0.15, 0.2) is 27.8 Å². The van der Waals surface area contributed by atoms with E-state index in [1.165, 1.54) is 4.57 Å². The predicted octanol–water partition coefficient (Wildman–Crippen LogP) is 1.75. The molecule has 162 valence electrons. The van der Waals surface area contributed by atoms with Gasteiger partial charge < -0.3 is 15.4 Å². The Labute approximate surface area is 174 Å². The molecule has 0 saturated heterocycles. The summed E-state index contributed by atoms with van der Waals surface area (Å²) in [5.41, 5.74) is 6.62. The number of nitrogens with two attached hydrogens (primary N) is 1. The molecule has 0 unspecified atom stereocenters. The zero-order chi connectivity index (χ0) is 22.4. The van der Waals surface area contributed by atoms with Gasteiger partial charge in [0.2, 0.25) is 0 Å². The minimum absolute atomic E-state index is 0.0896. The van der Waals surface area contributed by atoms with E-state index in [4.69, 9.17) is 10.5 Å². The Kier molecular flexibility index (Phi) is 7.57. The number of ether oxygens (including phenoxy) is 1. The lowest BCUT2D eigenvalue weighted by Crippen LogP contribution is -2.42. The predicted molar refractivity (Wildman–Crippen MR) is 115 cm³/mol. The van der Waals surface area contributed by atoms with Crippen LogP contribution in [0.5, 0.6) is 0 Å². The maximum atomic E-state index is 12.7. The number of benzene rings is 1. The number of nitrogens with zero attached hydrogens (tertiary/aromatic N) is 2. The Morgan fingerprint density at radius 1 is 1.20 bits per heavy atom. The number of carbonyl (C=O) groups excluding carboxylic acids is 2. The van der Waals surface area contributed by atoms with Crippen LogP contribution in [-0.4, -0.2) is 34.6 Å². The van der Waals surface area contributed by atoms with E-state index in [0.717, 1.165) is 22.4 Å². The van der Waals surface area contributed by atoms with E-state index in [2.05, 4.69) is 4.98 Å². The molecule has 1 heterocycles. The highest BCUT2D eigenvalue weighted by molar-refractivity contribution is 5.98. The molecule has 0 bridgehead atoms. The monoisotopic (exact) mass is 416 g/mol. The van der Waals surface area contributed by atoms with Crippen molar-refractivity contribution in [2.24, 2.45) is 0 Å². The van der Waals surface area contributed by atoms with Gasteiger partial charge in [0.25, 0.3) is 11.5 Å². The number of H-pyrrole nitrogens is 1. The second kappa shape index (κ2) is 9.91. The third kappa shape index (κ3) is 4.79. The van der Waals surface area contributed by atoms with Crippen LogP contribution in [0.25, 0.3) is 0 Å². The maximum Gasteiger partial charge on any atom is 0.338 e. The Hall–Kier alpha value is -3.36. The molecule has 0 spiro atoms. The van der Waals surface area contributed by atoms with Gasteiger partial charge in [0.05, 0.1) is 5.56 Å². The Morgan fingerprint density at radius 3 is 2.53 bits per heavy atom. The molecule has 0 radical (unpaired) electrons. The average Bonchev–Trinajstić information content (AvgIpc) is 2.70. The lowest BCUT2D eigenvalue weighted by molar-refractivity contribution is -0.121. The van der Waals surface area contributed by atoms with Crippen LogP contribution >= 0.6 is 0 Å². The molecule has 1 amide bonds. The summed E-state index contributed by atoms with van der Waals surface area (Å²) in [6.45, 7) is 7.15. The Balaban J connectivity index is 2.26. The molecule has 1 aromatic heterocycles. The smallest absolute Gasteiger partial charge is 0.338 e. The first-order chi connectivity index (χ1) is 14.2. The summed E-state index contributed by atoms with van der Waals surface area (Å²) in [5, 5.41) is 0. The van der Waals surface area contributed by atoms with Gasteiger partial charge in [-0.15, -0.1) is 0 Å². The third-order valence-electron chi connectivity index (χ3n) is 4.99. The number of hydrogen-bond donors (Lipinski definition) is 2. The van der Waals surface area contributed by atoms with Gasteiger partial charge >= 0.3 is 11.7 Å². The van der Waals surface area contributed by atoms with Crippen LogP contribution in [0.3, 0.4) is 0 Å². The highest BCUT2D eigenvalue weighted by Crippen LogP contribution is 2.18. The van der Waals surface area contributed by atoms with Crippen molar-refractivity contribution in [2.75, 3.05) is 23.8 Å². The Morgan fingerprint density at radius 2 is 1.90 bits per heavy atom. The van der Waals surface area contributed by atoms with Crippen LogP contribution in [0.4, 0.5) is 11.5 Å². The van der Waals surface area contributed by atoms with Gasteiger partial charge in [0.15, 0.2) is 12.3 Å². The molecule has 30 heavy (non-hydrogen) atoms. The molecule has 2 aromatic rings. The summed E-state index contributed by atoms with van der Waals surface area (Å²) in [6, 6.07) is 5.23. The number of esters is 1. The number of nitrogens with one attached hydrogen (secondary N) is 1. The maximum absolute atomic E-state index is 12.7. The molecular weight excluding hydrogens is 388 g/mol. The molecular formula is C21H28N4O5. The van der Waals surface area contributed by atoms with E-state index in [9.17, 15) is 19.2 Å². The zero-order valence-electron chi connectivity index (χ0n) is 17.8. The van der Waals surface area contributed by atoms with Crippen molar-refractivity contribution < 1.29 is 14.3 Å². The first-order valence-corrected chi connectivity index (χ1v) is 9.89. The number of likely N-dealkylation sites (N-methyl/N-ethyl adjacent to an activating group) is 1. The minimum atomic E-state index is -0.763. The summed E-state index contributed by atoms with van der Waals surface area (Å²) >= 11 is 0. The van der Waals surface area contributed by atoms with Gasteiger partial charge in [-0.05, 0) is 44.4 Å². The van der Waals surface area contributed by atoms with E-state index < -0.39 is 29.7 Å². The number of nitrogen functional groups attached to an aromatic ring is 1. The van der Waals surface area contributed by atoms with Crippen LogP contribution in [-0.2, 0) is 16.1 Å². The molecule has 0 aliphatic rings. The lowest BCUT2D eigenvalue weighted by atomic mass is 10.0. The van der Waals surface area contributed by atoms with E-state index in [1.54, 1.807) is 26.0 Å². The number of rotatable bonds is 8. The fraction of sp³-hybridized carbons (Fsp3) is 0.429. The van der Waals surface area contributed by atoms with E-state index in [1.807, 2.05) is 19.9 Å². The second-order valence-corrected chi connectivity index (χ2v) is 6.96. The van der Waals surface area contributed by atoms with Crippen molar-refractivity contribution in [2.45, 2.75) is 47.1 Å². The summed E-state index contributed by atoms with van der Waals surface area (Å²) in [6.07, 6.45) is 1.51. The van der Waals surface area contributed by atoms with Crippen LogP contribution in [0.2, 0.25) is 0 Å². The molecule has 0 saturated carbocycles. The van der Waals surface area contributed by atoms with E-state index in [-0.39, 0.29) is 18.1 Å². The highest BCUT2D eigenvalue weighted by Gasteiger charge is 2.24. The van der Waals surface area contributed by atoms with Crippen molar-refractivity contribution in [1.29, 1.82) is 0 Å². The van der Waals surface area contributed by atoms with Crippen LogP contribution in [0, 0.1) is 13.8 Å². The molecule has 9 nitrogen and oxygen atoms in total. The molecule has 0 aliphatic heterocycles. The standard InChI is InChI=1S/C21H28N4O5/c1-5-7-11-25-18(22)17(19(27)23-21(25)29)24(6-2)16(26)12-30-20(28)15-10-8-9-13(3)14(15)4/h8-10H,5-7,11-12,22H2,1-4H3,(H,23,27,29).